The molecule has 0 unspecified atom stereocenters. The van der Waals surface area contributed by atoms with Crippen LogP contribution in [0.5, 0.6) is 11.8 Å². The number of aromatic nitrogens is 2. The maximum atomic E-state index is 5.34. The fourth-order valence-electron chi connectivity index (χ4n) is 2.18. The van der Waals surface area contributed by atoms with Gasteiger partial charge in [-0.05, 0) is 19.8 Å². The SMILES string of the molecule is COc1nc(C)nc(OC)c1CNC1CCOCC1. The molecule has 0 aromatic carbocycles. The van der Waals surface area contributed by atoms with E-state index in [0.29, 0.717) is 30.2 Å². The average Bonchev–Trinajstić information content (AvgIpc) is 2.46. The highest BCUT2D eigenvalue weighted by molar-refractivity contribution is 5.35. The number of methoxy groups -OCH3 is 2. The summed E-state index contributed by atoms with van der Waals surface area (Å²) < 4.78 is 16.0. The van der Waals surface area contributed by atoms with Crippen LogP contribution in [-0.4, -0.2) is 43.4 Å². The Hall–Kier alpha value is -1.40. The fourth-order valence-corrected chi connectivity index (χ4v) is 2.18. The van der Waals surface area contributed by atoms with Gasteiger partial charge in [-0.2, -0.15) is 9.97 Å². The third kappa shape index (κ3) is 3.54. The molecule has 1 aliphatic rings. The Kier molecular flexibility index (Phi) is 4.93. The monoisotopic (exact) mass is 267 g/mol. The first-order valence-corrected chi connectivity index (χ1v) is 6.51. The van der Waals surface area contributed by atoms with E-state index < -0.39 is 0 Å². The van der Waals surface area contributed by atoms with Crippen molar-refractivity contribution in [2.24, 2.45) is 0 Å². The molecule has 1 aliphatic heterocycles. The Labute approximate surface area is 113 Å². The molecule has 0 atom stereocenters. The van der Waals surface area contributed by atoms with Crippen molar-refractivity contribution in [1.82, 2.24) is 15.3 Å². The summed E-state index contributed by atoms with van der Waals surface area (Å²) in [5, 5.41) is 3.49. The Morgan fingerprint density at radius 3 is 2.26 bits per heavy atom. The third-order valence-corrected chi connectivity index (χ3v) is 3.22. The van der Waals surface area contributed by atoms with Crippen LogP contribution in [0, 0.1) is 6.92 Å². The van der Waals surface area contributed by atoms with E-state index in [4.69, 9.17) is 14.2 Å². The van der Waals surface area contributed by atoms with Crippen LogP contribution >= 0.6 is 0 Å². The van der Waals surface area contributed by atoms with Gasteiger partial charge in [-0.25, -0.2) is 0 Å². The summed E-state index contributed by atoms with van der Waals surface area (Å²) in [7, 11) is 3.22. The van der Waals surface area contributed by atoms with Crippen molar-refractivity contribution in [1.29, 1.82) is 0 Å². The second kappa shape index (κ2) is 6.68. The largest absolute Gasteiger partial charge is 0.481 e. The Balaban J connectivity index is 2.09. The highest BCUT2D eigenvalue weighted by Gasteiger charge is 2.18. The molecule has 106 valence electrons. The highest BCUT2D eigenvalue weighted by Crippen LogP contribution is 2.25. The van der Waals surface area contributed by atoms with Crippen molar-refractivity contribution in [2.45, 2.75) is 32.4 Å². The smallest absolute Gasteiger partial charge is 0.224 e. The van der Waals surface area contributed by atoms with E-state index in [1.54, 1.807) is 14.2 Å². The van der Waals surface area contributed by atoms with Gasteiger partial charge < -0.3 is 19.5 Å². The maximum absolute atomic E-state index is 5.34. The molecule has 0 spiro atoms. The minimum absolute atomic E-state index is 0.462. The van der Waals surface area contributed by atoms with E-state index in [1.165, 1.54) is 0 Å². The zero-order chi connectivity index (χ0) is 13.7. The lowest BCUT2D eigenvalue weighted by Crippen LogP contribution is -2.34. The lowest BCUT2D eigenvalue weighted by molar-refractivity contribution is 0.0774. The van der Waals surface area contributed by atoms with Gasteiger partial charge >= 0.3 is 0 Å². The standard InChI is InChI=1S/C13H21N3O3/c1-9-15-12(17-2)11(13(16-9)18-3)8-14-10-4-6-19-7-5-10/h10,14H,4-8H2,1-3H3. The molecule has 1 aromatic rings. The first-order chi connectivity index (χ1) is 9.24. The minimum Gasteiger partial charge on any atom is -0.481 e. The highest BCUT2D eigenvalue weighted by atomic mass is 16.5. The van der Waals surface area contributed by atoms with Gasteiger partial charge in [-0.15, -0.1) is 0 Å². The first-order valence-electron chi connectivity index (χ1n) is 6.51. The van der Waals surface area contributed by atoms with Gasteiger partial charge in [0, 0.05) is 25.8 Å². The maximum Gasteiger partial charge on any atom is 0.224 e. The van der Waals surface area contributed by atoms with Crippen molar-refractivity contribution >= 4 is 0 Å². The van der Waals surface area contributed by atoms with Gasteiger partial charge in [0.05, 0.1) is 19.8 Å². The van der Waals surface area contributed by atoms with Crippen LogP contribution in [0.2, 0.25) is 0 Å². The van der Waals surface area contributed by atoms with Crippen LogP contribution in [-0.2, 0) is 11.3 Å². The summed E-state index contributed by atoms with van der Waals surface area (Å²) in [5.74, 6) is 1.79. The Bertz CT molecular complexity index is 395. The molecule has 2 heterocycles. The number of ether oxygens (including phenoxy) is 3. The van der Waals surface area contributed by atoms with E-state index in [-0.39, 0.29) is 0 Å². The van der Waals surface area contributed by atoms with Gasteiger partial charge in [0.2, 0.25) is 11.8 Å². The molecule has 0 aliphatic carbocycles. The molecular formula is C13H21N3O3. The van der Waals surface area contributed by atoms with Gasteiger partial charge in [-0.3, -0.25) is 0 Å². The Morgan fingerprint density at radius 2 is 1.74 bits per heavy atom. The molecule has 0 bridgehead atoms. The van der Waals surface area contributed by atoms with Crippen LogP contribution < -0.4 is 14.8 Å². The topological polar surface area (TPSA) is 65.5 Å². The number of aryl methyl sites for hydroxylation is 1. The van der Waals surface area contributed by atoms with E-state index >= 15 is 0 Å². The molecule has 1 aromatic heterocycles. The van der Waals surface area contributed by atoms with Crippen molar-refractivity contribution < 1.29 is 14.2 Å². The molecule has 0 amide bonds. The summed E-state index contributed by atoms with van der Waals surface area (Å²) in [6.07, 6.45) is 2.05. The molecule has 1 saturated heterocycles. The molecule has 1 fully saturated rings. The van der Waals surface area contributed by atoms with Gasteiger partial charge in [0.15, 0.2) is 0 Å². The van der Waals surface area contributed by atoms with E-state index in [1.807, 2.05) is 6.92 Å². The van der Waals surface area contributed by atoms with Crippen LogP contribution in [0.1, 0.15) is 24.2 Å². The first kappa shape index (κ1) is 14.0. The lowest BCUT2D eigenvalue weighted by atomic mass is 10.1. The fraction of sp³-hybridized carbons (Fsp3) is 0.692. The third-order valence-electron chi connectivity index (χ3n) is 3.22. The minimum atomic E-state index is 0.462. The molecule has 6 nitrogen and oxygen atoms in total. The summed E-state index contributed by atoms with van der Waals surface area (Å²) in [4.78, 5) is 8.57. The zero-order valence-electron chi connectivity index (χ0n) is 11.7. The molecule has 1 N–H and O–H groups in total. The number of rotatable bonds is 5. The predicted octanol–water partition coefficient (Wildman–Crippen LogP) is 1.07. The molecular weight excluding hydrogens is 246 g/mol. The second-order valence-corrected chi connectivity index (χ2v) is 4.54. The second-order valence-electron chi connectivity index (χ2n) is 4.54. The zero-order valence-corrected chi connectivity index (χ0v) is 11.7. The van der Waals surface area contributed by atoms with Crippen LogP contribution in [0.25, 0.3) is 0 Å². The van der Waals surface area contributed by atoms with E-state index in [2.05, 4.69) is 15.3 Å². The van der Waals surface area contributed by atoms with Crippen LogP contribution in [0.3, 0.4) is 0 Å². The average molecular weight is 267 g/mol. The van der Waals surface area contributed by atoms with Crippen molar-refractivity contribution in [2.75, 3.05) is 27.4 Å². The van der Waals surface area contributed by atoms with Gasteiger partial charge in [0.25, 0.3) is 0 Å². The van der Waals surface area contributed by atoms with Crippen LogP contribution in [0.4, 0.5) is 0 Å². The number of nitrogens with one attached hydrogen (secondary N) is 1. The number of nitrogens with zero attached hydrogens (tertiary/aromatic N) is 2. The molecule has 6 heteroatoms. The summed E-state index contributed by atoms with van der Waals surface area (Å²) >= 11 is 0. The summed E-state index contributed by atoms with van der Waals surface area (Å²) in [6, 6.07) is 0.462. The normalized spacial score (nSPS) is 16.4. The van der Waals surface area contributed by atoms with Crippen molar-refractivity contribution in [3.05, 3.63) is 11.4 Å². The quantitative estimate of drug-likeness (QED) is 0.861. The van der Waals surface area contributed by atoms with Crippen molar-refractivity contribution in [3.8, 4) is 11.8 Å². The van der Waals surface area contributed by atoms with Gasteiger partial charge in [0.1, 0.15) is 5.82 Å². The number of hydrogen-bond donors (Lipinski definition) is 1. The Morgan fingerprint density at radius 1 is 1.16 bits per heavy atom. The van der Waals surface area contributed by atoms with Crippen molar-refractivity contribution in [3.63, 3.8) is 0 Å². The van der Waals surface area contributed by atoms with E-state index in [0.717, 1.165) is 31.6 Å². The molecule has 2 rings (SSSR count). The van der Waals surface area contributed by atoms with Gasteiger partial charge in [-0.1, -0.05) is 0 Å². The van der Waals surface area contributed by atoms with Crippen LogP contribution in [0.15, 0.2) is 0 Å². The number of hydrogen-bond acceptors (Lipinski definition) is 6. The predicted molar refractivity (Wildman–Crippen MR) is 70.6 cm³/mol. The molecule has 19 heavy (non-hydrogen) atoms. The lowest BCUT2D eigenvalue weighted by Gasteiger charge is -2.23. The molecule has 0 saturated carbocycles. The van der Waals surface area contributed by atoms with E-state index in [9.17, 15) is 0 Å². The molecule has 0 radical (unpaired) electrons. The summed E-state index contributed by atoms with van der Waals surface area (Å²) in [5.41, 5.74) is 0.863. The summed E-state index contributed by atoms with van der Waals surface area (Å²) in [6.45, 7) is 4.09.